The predicted molar refractivity (Wildman–Crippen MR) is 53.2 cm³/mol. The maximum absolute atomic E-state index is 11.0. The quantitative estimate of drug-likeness (QED) is 0.781. The SMILES string of the molecule is NS(=O)(=O)c1ccc2ccsc2c1. The third-order valence-corrected chi connectivity index (χ3v) is 3.55. The zero-order valence-corrected chi connectivity index (χ0v) is 8.23. The zero-order chi connectivity index (χ0) is 9.47. The highest BCUT2D eigenvalue weighted by Gasteiger charge is 2.07. The van der Waals surface area contributed by atoms with Crippen molar-refractivity contribution in [3.8, 4) is 0 Å². The number of nitrogens with two attached hydrogens (primary N) is 1. The van der Waals surface area contributed by atoms with Crippen LogP contribution in [-0.4, -0.2) is 8.42 Å². The largest absolute Gasteiger partial charge is 0.238 e. The molecule has 1 aromatic heterocycles. The molecule has 0 saturated heterocycles. The molecule has 68 valence electrons. The Hall–Kier alpha value is -0.910. The van der Waals surface area contributed by atoms with Crippen LogP contribution in [0.1, 0.15) is 0 Å². The Labute approximate surface area is 79.9 Å². The number of primary sulfonamides is 1. The molecule has 0 radical (unpaired) electrons. The second-order valence-electron chi connectivity index (χ2n) is 2.67. The Kier molecular flexibility index (Phi) is 1.87. The highest BCUT2D eigenvalue weighted by Crippen LogP contribution is 2.23. The van der Waals surface area contributed by atoms with E-state index >= 15 is 0 Å². The number of rotatable bonds is 1. The number of sulfonamides is 1. The van der Waals surface area contributed by atoms with E-state index in [0.29, 0.717) is 0 Å². The molecule has 2 rings (SSSR count). The van der Waals surface area contributed by atoms with Crippen LogP contribution >= 0.6 is 11.3 Å². The van der Waals surface area contributed by atoms with Gasteiger partial charge in [-0.15, -0.1) is 11.3 Å². The van der Waals surface area contributed by atoms with Crippen molar-refractivity contribution >= 4 is 31.4 Å². The van der Waals surface area contributed by atoms with Crippen molar-refractivity contribution in [3.63, 3.8) is 0 Å². The molecule has 0 unspecified atom stereocenters. The Morgan fingerprint density at radius 2 is 2.00 bits per heavy atom. The molecule has 0 aliphatic rings. The second kappa shape index (κ2) is 2.80. The monoisotopic (exact) mass is 213 g/mol. The van der Waals surface area contributed by atoms with Gasteiger partial charge in [0.2, 0.25) is 10.0 Å². The molecule has 1 heterocycles. The summed E-state index contributed by atoms with van der Waals surface area (Å²) in [5.41, 5.74) is 0. The molecule has 1 aromatic carbocycles. The topological polar surface area (TPSA) is 60.2 Å². The molecule has 2 aromatic rings. The highest BCUT2D eigenvalue weighted by molar-refractivity contribution is 7.89. The van der Waals surface area contributed by atoms with Crippen molar-refractivity contribution in [2.45, 2.75) is 4.90 Å². The van der Waals surface area contributed by atoms with E-state index in [9.17, 15) is 8.42 Å². The van der Waals surface area contributed by atoms with Crippen molar-refractivity contribution in [1.82, 2.24) is 0 Å². The lowest BCUT2D eigenvalue weighted by atomic mass is 10.3. The molecular weight excluding hydrogens is 206 g/mol. The van der Waals surface area contributed by atoms with Gasteiger partial charge >= 0.3 is 0 Å². The first kappa shape index (κ1) is 8.68. The second-order valence-corrected chi connectivity index (χ2v) is 5.17. The molecule has 0 aliphatic heterocycles. The van der Waals surface area contributed by atoms with Gasteiger partial charge in [-0.3, -0.25) is 0 Å². The maximum atomic E-state index is 11.0. The van der Waals surface area contributed by atoms with Crippen molar-refractivity contribution < 1.29 is 8.42 Å². The number of thiophene rings is 1. The van der Waals surface area contributed by atoms with E-state index < -0.39 is 10.0 Å². The summed E-state index contributed by atoms with van der Waals surface area (Å²) in [5.74, 6) is 0. The molecule has 0 amide bonds. The summed E-state index contributed by atoms with van der Waals surface area (Å²) < 4.78 is 22.9. The molecule has 0 aliphatic carbocycles. The van der Waals surface area contributed by atoms with Gasteiger partial charge in [-0.05, 0) is 29.0 Å². The summed E-state index contributed by atoms with van der Waals surface area (Å²) >= 11 is 1.50. The van der Waals surface area contributed by atoms with Crippen LogP contribution in [0.3, 0.4) is 0 Å². The van der Waals surface area contributed by atoms with Crippen LogP contribution in [0.25, 0.3) is 10.1 Å². The molecule has 5 heteroatoms. The number of fused-ring (bicyclic) bond motifs is 1. The van der Waals surface area contributed by atoms with Gasteiger partial charge in [0.25, 0.3) is 0 Å². The highest BCUT2D eigenvalue weighted by atomic mass is 32.2. The Balaban J connectivity index is 2.75. The van der Waals surface area contributed by atoms with Gasteiger partial charge in [0.1, 0.15) is 0 Å². The first-order valence-corrected chi connectivity index (χ1v) is 6.00. The molecule has 0 fully saturated rings. The van der Waals surface area contributed by atoms with E-state index in [1.54, 1.807) is 12.1 Å². The first-order valence-electron chi connectivity index (χ1n) is 3.57. The molecule has 0 atom stereocenters. The molecular formula is C8H7NO2S2. The normalized spacial score (nSPS) is 12.1. The van der Waals surface area contributed by atoms with Crippen molar-refractivity contribution in [3.05, 3.63) is 29.6 Å². The molecule has 0 bridgehead atoms. The summed E-state index contributed by atoms with van der Waals surface area (Å²) in [6.07, 6.45) is 0. The summed E-state index contributed by atoms with van der Waals surface area (Å²) in [4.78, 5) is 0.169. The van der Waals surface area contributed by atoms with Gasteiger partial charge in [0.15, 0.2) is 0 Å². The minimum Gasteiger partial charge on any atom is -0.225 e. The first-order chi connectivity index (χ1) is 6.07. The third kappa shape index (κ3) is 1.58. The fraction of sp³-hybridized carbons (Fsp3) is 0. The maximum Gasteiger partial charge on any atom is 0.238 e. The van der Waals surface area contributed by atoms with Crippen LogP contribution in [0.2, 0.25) is 0 Å². The molecule has 13 heavy (non-hydrogen) atoms. The fourth-order valence-corrected chi connectivity index (χ4v) is 2.55. The molecule has 3 nitrogen and oxygen atoms in total. The number of hydrogen-bond donors (Lipinski definition) is 1. The van der Waals surface area contributed by atoms with E-state index in [0.717, 1.165) is 10.1 Å². The van der Waals surface area contributed by atoms with Gasteiger partial charge in [-0.25, -0.2) is 13.6 Å². The predicted octanol–water partition coefficient (Wildman–Crippen LogP) is 1.55. The summed E-state index contributed by atoms with van der Waals surface area (Å²) in [6.45, 7) is 0. The van der Waals surface area contributed by atoms with Crippen molar-refractivity contribution in [2.24, 2.45) is 5.14 Å². The average molecular weight is 213 g/mol. The Morgan fingerprint density at radius 3 is 2.69 bits per heavy atom. The fourth-order valence-electron chi connectivity index (χ4n) is 1.11. The molecule has 2 N–H and O–H groups in total. The molecule has 0 saturated carbocycles. The lowest BCUT2D eigenvalue weighted by Gasteiger charge is -1.96. The minimum absolute atomic E-state index is 0.169. The van der Waals surface area contributed by atoms with Crippen LogP contribution < -0.4 is 5.14 Å². The van der Waals surface area contributed by atoms with E-state index in [1.165, 1.54) is 17.4 Å². The minimum atomic E-state index is -3.57. The summed E-state index contributed by atoms with van der Waals surface area (Å²) in [6, 6.07) is 6.80. The van der Waals surface area contributed by atoms with E-state index in [2.05, 4.69) is 0 Å². The van der Waals surface area contributed by atoms with Crippen molar-refractivity contribution in [2.75, 3.05) is 0 Å². The number of benzene rings is 1. The van der Waals surface area contributed by atoms with Gasteiger partial charge in [-0.1, -0.05) is 6.07 Å². The van der Waals surface area contributed by atoms with E-state index in [1.807, 2.05) is 11.4 Å². The van der Waals surface area contributed by atoms with Gasteiger partial charge in [0.05, 0.1) is 4.90 Å². The summed E-state index contributed by atoms with van der Waals surface area (Å²) in [5, 5.41) is 7.95. The van der Waals surface area contributed by atoms with Gasteiger partial charge in [0, 0.05) is 4.70 Å². The standard InChI is InChI=1S/C8H7NO2S2/c9-13(10,11)7-2-1-6-3-4-12-8(6)5-7/h1-5H,(H2,9,10,11). The van der Waals surface area contributed by atoms with E-state index in [4.69, 9.17) is 5.14 Å². The van der Waals surface area contributed by atoms with E-state index in [-0.39, 0.29) is 4.90 Å². The van der Waals surface area contributed by atoms with Crippen LogP contribution in [0.15, 0.2) is 34.5 Å². The summed E-state index contributed by atoms with van der Waals surface area (Å²) in [7, 11) is -3.57. The Bertz CT molecular complexity index is 542. The number of hydrogen-bond acceptors (Lipinski definition) is 3. The van der Waals surface area contributed by atoms with Crippen LogP contribution in [0, 0.1) is 0 Å². The Morgan fingerprint density at radius 1 is 1.23 bits per heavy atom. The van der Waals surface area contributed by atoms with Gasteiger partial charge in [-0.2, -0.15) is 0 Å². The zero-order valence-electron chi connectivity index (χ0n) is 6.60. The average Bonchev–Trinajstić information content (AvgIpc) is 2.47. The smallest absolute Gasteiger partial charge is 0.225 e. The molecule has 0 spiro atoms. The third-order valence-electron chi connectivity index (χ3n) is 1.76. The lowest BCUT2D eigenvalue weighted by Crippen LogP contribution is -2.11. The van der Waals surface area contributed by atoms with Crippen LogP contribution in [-0.2, 0) is 10.0 Å². The van der Waals surface area contributed by atoms with Crippen molar-refractivity contribution in [1.29, 1.82) is 0 Å². The van der Waals surface area contributed by atoms with Crippen LogP contribution in [0.5, 0.6) is 0 Å². The van der Waals surface area contributed by atoms with Crippen LogP contribution in [0.4, 0.5) is 0 Å². The van der Waals surface area contributed by atoms with Gasteiger partial charge < -0.3 is 0 Å². The lowest BCUT2D eigenvalue weighted by molar-refractivity contribution is 0.598.